The number of aromatic nitrogens is 3. The van der Waals surface area contributed by atoms with Crippen molar-refractivity contribution in [2.24, 2.45) is 0 Å². The van der Waals surface area contributed by atoms with E-state index in [1.807, 2.05) is 0 Å². The third kappa shape index (κ3) is 4.58. The van der Waals surface area contributed by atoms with Crippen LogP contribution in [-0.2, 0) is 10.0 Å². The van der Waals surface area contributed by atoms with Gasteiger partial charge >= 0.3 is 0 Å². The average Bonchev–Trinajstić information content (AvgIpc) is 3.22. The predicted molar refractivity (Wildman–Crippen MR) is 117 cm³/mol. The summed E-state index contributed by atoms with van der Waals surface area (Å²) in [6.07, 6.45) is 3.92. The SMILES string of the molecule is C[C@H](Oc1cc2cc(F)ccc2nc1N)c1cc(NS(C)(=O)=O)ccc1-n1cccn1. The Bertz CT molecular complexity index is 1360. The first-order valence-electron chi connectivity index (χ1n) is 9.34. The first-order chi connectivity index (χ1) is 14.7. The fourth-order valence-electron chi connectivity index (χ4n) is 3.27. The Balaban J connectivity index is 1.74. The lowest BCUT2D eigenvalue weighted by Crippen LogP contribution is -2.13. The number of pyridine rings is 1. The minimum absolute atomic E-state index is 0.164. The lowest BCUT2D eigenvalue weighted by Gasteiger charge is -2.20. The van der Waals surface area contributed by atoms with Gasteiger partial charge in [0, 0.05) is 29.0 Å². The van der Waals surface area contributed by atoms with E-state index < -0.39 is 21.9 Å². The van der Waals surface area contributed by atoms with Gasteiger partial charge in [0.1, 0.15) is 11.9 Å². The molecule has 2 aromatic heterocycles. The van der Waals surface area contributed by atoms with Gasteiger partial charge in [0.25, 0.3) is 0 Å². The molecule has 0 fully saturated rings. The van der Waals surface area contributed by atoms with Crippen LogP contribution in [0.5, 0.6) is 5.75 Å². The van der Waals surface area contributed by atoms with Crippen molar-refractivity contribution in [3.8, 4) is 11.4 Å². The Morgan fingerprint density at radius 2 is 2.00 bits per heavy atom. The number of benzene rings is 2. The van der Waals surface area contributed by atoms with Gasteiger partial charge in [-0.05, 0) is 55.5 Å². The molecular weight excluding hydrogens is 421 g/mol. The van der Waals surface area contributed by atoms with E-state index in [0.717, 1.165) is 6.26 Å². The number of anilines is 2. The molecule has 3 N–H and O–H groups in total. The molecule has 2 aromatic carbocycles. The van der Waals surface area contributed by atoms with Crippen LogP contribution in [0.1, 0.15) is 18.6 Å². The number of sulfonamides is 1. The van der Waals surface area contributed by atoms with Gasteiger partial charge in [-0.25, -0.2) is 22.5 Å². The van der Waals surface area contributed by atoms with Crippen molar-refractivity contribution in [2.45, 2.75) is 13.0 Å². The van der Waals surface area contributed by atoms with E-state index in [1.54, 1.807) is 60.4 Å². The molecule has 8 nitrogen and oxygen atoms in total. The van der Waals surface area contributed by atoms with Crippen LogP contribution in [0.4, 0.5) is 15.9 Å². The van der Waals surface area contributed by atoms with Crippen LogP contribution >= 0.6 is 0 Å². The highest BCUT2D eigenvalue weighted by atomic mass is 32.2. The molecule has 0 aliphatic carbocycles. The maximum atomic E-state index is 13.6. The minimum Gasteiger partial charge on any atom is -0.482 e. The number of fused-ring (bicyclic) bond motifs is 1. The normalized spacial score (nSPS) is 12.6. The molecule has 2 heterocycles. The van der Waals surface area contributed by atoms with E-state index in [9.17, 15) is 12.8 Å². The van der Waals surface area contributed by atoms with E-state index in [1.165, 1.54) is 12.1 Å². The number of hydrogen-bond donors (Lipinski definition) is 2. The Labute approximate surface area is 178 Å². The molecule has 4 aromatic rings. The Kier molecular flexibility index (Phi) is 5.24. The van der Waals surface area contributed by atoms with Gasteiger partial charge in [0.15, 0.2) is 11.6 Å². The van der Waals surface area contributed by atoms with Crippen molar-refractivity contribution < 1.29 is 17.5 Å². The van der Waals surface area contributed by atoms with Gasteiger partial charge in [-0.15, -0.1) is 0 Å². The monoisotopic (exact) mass is 441 g/mol. The lowest BCUT2D eigenvalue weighted by molar-refractivity contribution is 0.227. The molecular formula is C21H20FN5O3S. The average molecular weight is 441 g/mol. The fraction of sp³-hybridized carbons (Fsp3) is 0.143. The molecule has 4 rings (SSSR count). The zero-order valence-corrected chi connectivity index (χ0v) is 17.6. The van der Waals surface area contributed by atoms with Crippen molar-refractivity contribution in [3.05, 3.63) is 72.3 Å². The van der Waals surface area contributed by atoms with Crippen LogP contribution < -0.4 is 15.2 Å². The summed E-state index contributed by atoms with van der Waals surface area (Å²) in [6.45, 7) is 1.79. The van der Waals surface area contributed by atoms with Crippen molar-refractivity contribution in [1.82, 2.24) is 14.8 Å². The quantitative estimate of drug-likeness (QED) is 0.472. The lowest BCUT2D eigenvalue weighted by atomic mass is 10.1. The van der Waals surface area contributed by atoms with E-state index in [0.29, 0.717) is 33.6 Å². The highest BCUT2D eigenvalue weighted by Crippen LogP contribution is 2.33. The molecule has 10 heteroatoms. The highest BCUT2D eigenvalue weighted by Gasteiger charge is 2.18. The molecule has 0 aliphatic rings. The van der Waals surface area contributed by atoms with Crippen LogP contribution in [0.3, 0.4) is 0 Å². The Hall–Kier alpha value is -3.66. The number of rotatable bonds is 6. The summed E-state index contributed by atoms with van der Waals surface area (Å²) >= 11 is 0. The summed E-state index contributed by atoms with van der Waals surface area (Å²) in [5.41, 5.74) is 8.36. The number of nitrogens with zero attached hydrogens (tertiary/aromatic N) is 3. The number of nitrogen functional groups attached to an aromatic ring is 1. The Morgan fingerprint density at radius 3 is 2.71 bits per heavy atom. The van der Waals surface area contributed by atoms with Crippen molar-refractivity contribution >= 4 is 32.4 Å². The van der Waals surface area contributed by atoms with Gasteiger partial charge in [0.05, 0.1) is 17.5 Å². The molecule has 0 aliphatic heterocycles. The number of nitrogens with two attached hydrogens (primary N) is 1. The minimum atomic E-state index is -3.46. The van der Waals surface area contributed by atoms with Crippen LogP contribution in [0.2, 0.25) is 0 Å². The predicted octanol–water partition coefficient (Wildman–Crippen LogP) is 3.65. The third-order valence-corrected chi connectivity index (χ3v) is 5.20. The summed E-state index contributed by atoms with van der Waals surface area (Å²) in [7, 11) is -3.46. The van der Waals surface area contributed by atoms with Gasteiger partial charge in [-0.1, -0.05) is 0 Å². The maximum absolute atomic E-state index is 13.6. The standard InChI is InChI=1S/C21H20FN5O3S/c1-13(30-20-11-14-10-15(22)4-6-18(14)25-21(20)23)17-12-16(26-31(2,28)29)5-7-19(17)27-9-3-8-24-27/h3-13,26H,1-2H3,(H2,23,25)/t13-/m0/s1. The highest BCUT2D eigenvalue weighted by molar-refractivity contribution is 7.92. The van der Waals surface area contributed by atoms with Crippen LogP contribution in [0.15, 0.2) is 60.9 Å². The van der Waals surface area contributed by atoms with Crippen molar-refractivity contribution in [2.75, 3.05) is 16.7 Å². The molecule has 1 atom stereocenters. The van der Waals surface area contributed by atoms with E-state index >= 15 is 0 Å². The van der Waals surface area contributed by atoms with Crippen molar-refractivity contribution in [3.63, 3.8) is 0 Å². The number of nitrogens with one attached hydrogen (secondary N) is 1. The zero-order valence-electron chi connectivity index (χ0n) is 16.8. The largest absolute Gasteiger partial charge is 0.482 e. The molecule has 31 heavy (non-hydrogen) atoms. The summed E-state index contributed by atoms with van der Waals surface area (Å²) < 4.78 is 47.1. The first-order valence-corrected chi connectivity index (χ1v) is 11.2. The zero-order chi connectivity index (χ0) is 22.2. The smallest absolute Gasteiger partial charge is 0.229 e. The third-order valence-electron chi connectivity index (χ3n) is 4.59. The van der Waals surface area contributed by atoms with Gasteiger partial charge in [0.2, 0.25) is 10.0 Å². The molecule has 0 bridgehead atoms. The second-order valence-corrected chi connectivity index (χ2v) is 8.82. The molecule has 160 valence electrons. The van der Waals surface area contributed by atoms with Crippen LogP contribution in [-0.4, -0.2) is 29.4 Å². The molecule has 0 unspecified atom stereocenters. The van der Waals surface area contributed by atoms with Gasteiger partial charge in [-0.3, -0.25) is 4.72 Å². The number of halogens is 1. The second-order valence-electron chi connectivity index (χ2n) is 7.07. The molecule has 0 amide bonds. The Morgan fingerprint density at radius 1 is 1.19 bits per heavy atom. The van der Waals surface area contributed by atoms with Crippen LogP contribution in [0.25, 0.3) is 16.6 Å². The fourth-order valence-corrected chi connectivity index (χ4v) is 3.82. The summed E-state index contributed by atoms with van der Waals surface area (Å²) in [5.74, 6) is 0.0640. The summed E-state index contributed by atoms with van der Waals surface area (Å²) in [6, 6.07) is 12.7. The van der Waals surface area contributed by atoms with Gasteiger partial charge < -0.3 is 10.5 Å². The summed E-state index contributed by atoms with van der Waals surface area (Å²) in [5, 5.41) is 4.80. The first kappa shape index (κ1) is 20.6. The molecule has 0 saturated carbocycles. The second kappa shape index (κ2) is 7.88. The maximum Gasteiger partial charge on any atom is 0.229 e. The van der Waals surface area contributed by atoms with Gasteiger partial charge in [-0.2, -0.15) is 5.10 Å². The van der Waals surface area contributed by atoms with Crippen molar-refractivity contribution in [1.29, 1.82) is 0 Å². The topological polar surface area (TPSA) is 112 Å². The molecule has 0 saturated heterocycles. The number of hydrogen-bond acceptors (Lipinski definition) is 6. The van der Waals surface area contributed by atoms with E-state index in [2.05, 4.69) is 14.8 Å². The van der Waals surface area contributed by atoms with Crippen LogP contribution in [0, 0.1) is 5.82 Å². The van der Waals surface area contributed by atoms with E-state index in [-0.39, 0.29) is 5.82 Å². The van der Waals surface area contributed by atoms with E-state index in [4.69, 9.17) is 10.5 Å². The number of ether oxygens (including phenoxy) is 1. The molecule has 0 radical (unpaired) electrons. The molecule has 0 spiro atoms. The summed E-state index contributed by atoms with van der Waals surface area (Å²) in [4.78, 5) is 4.28.